The third kappa shape index (κ3) is 4.35. The van der Waals surface area contributed by atoms with Crippen molar-refractivity contribution in [2.45, 2.75) is 6.36 Å². The molecule has 0 bridgehead atoms. The summed E-state index contributed by atoms with van der Waals surface area (Å²) in [6.07, 6.45) is -2.25. The third-order valence-electron chi connectivity index (χ3n) is 3.31. The van der Waals surface area contributed by atoms with Crippen molar-refractivity contribution in [1.29, 1.82) is 0 Å². The molecule has 26 heavy (non-hydrogen) atoms. The molecule has 132 valence electrons. The number of ether oxygens (including phenoxy) is 1. The highest BCUT2D eigenvalue weighted by atomic mass is 19.4. The van der Waals surface area contributed by atoms with Gasteiger partial charge in [0.1, 0.15) is 0 Å². The zero-order chi connectivity index (χ0) is 18.6. The maximum absolute atomic E-state index is 12.4. The molecule has 3 aromatic rings. The lowest BCUT2D eigenvalue weighted by molar-refractivity contribution is -0.274. The molecule has 0 atom stereocenters. The van der Waals surface area contributed by atoms with Gasteiger partial charge in [0, 0.05) is 18.0 Å². The Labute approximate surface area is 146 Å². The summed E-state index contributed by atoms with van der Waals surface area (Å²) in [5.74, 6) is -0.721. The molecule has 0 spiro atoms. The van der Waals surface area contributed by atoms with Gasteiger partial charge in [-0.1, -0.05) is 42.5 Å². The zero-order valence-corrected chi connectivity index (χ0v) is 13.2. The van der Waals surface area contributed by atoms with Gasteiger partial charge in [0.05, 0.1) is 11.3 Å². The van der Waals surface area contributed by atoms with Gasteiger partial charge in [-0.2, -0.15) is 0 Å². The lowest BCUT2D eigenvalue weighted by Gasteiger charge is -2.13. The van der Waals surface area contributed by atoms with Gasteiger partial charge in [-0.05, 0) is 12.1 Å². The van der Waals surface area contributed by atoms with Crippen LogP contribution in [0.25, 0.3) is 11.4 Å². The first kappa shape index (κ1) is 17.4. The quantitative estimate of drug-likeness (QED) is 0.755. The topological polar surface area (TPSA) is 64.1 Å². The van der Waals surface area contributed by atoms with Crippen LogP contribution in [0.5, 0.6) is 5.75 Å². The second kappa shape index (κ2) is 7.22. The number of hydrogen-bond donors (Lipinski definition) is 1. The van der Waals surface area contributed by atoms with Crippen molar-refractivity contribution < 1.29 is 22.7 Å². The molecular weight excluding hydrogens is 347 g/mol. The minimum atomic E-state index is -4.86. The van der Waals surface area contributed by atoms with Crippen LogP contribution >= 0.6 is 0 Å². The summed E-state index contributed by atoms with van der Waals surface area (Å²) in [6.45, 7) is 0. The van der Waals surface area contributed by atoms with Crippen molar-refractivity contribution in [3.8, 4) is 17.1 Å². The number of carbonyl (C=O) groups is 1. The summed E-state index contributed by atoms with van der Waals surface area (Å²) < 4.78 is 41.2. The molecule has 5 nitrogen and oxygen atoms in total. The number of alkyl halides is 3. The van der Waals surface area contributed by atoms with Gasteiger partial charge in [0.2, 0.25) is 0 Å². The van der Waals surface area contributed by atoms with E-state index in [-0.39, 0.29) is 11.3 Å². The largest absolute Gasteiger partial charge is 0.573 e. The molecule has 0 fully saturated rings. The van der Waals surface area contributed by atoms with Crippen molar-refractivity contribution in [2.24, 2.45) is 0 Å². The minimum Gasteiger partial charge on any atom is -0.404 e. The summed E-state index contributed by atoms with van der Waals surface area (Å²) in [6, 6.07) is 14.4. The number of nitrogens with zero attached hydrogens (tertiary/aromatic N) is 2. The van der Waals surface area contributed by atoms with Gasteiger partial charge in [-0.25, -0.2) is 9.97 Å². The van der Waals surface area contributed by atoms with Gasteiger partial charge in [0.15, 0.2) is 11.6 Å². The maximum Gasteiger partial charge on any atom is 0.573 e. The van der Waals surface area contributed by atoms with E-state index < -0.39 is 18.0 Å². The molecule has 0 saturated heterocycles. The number of halogens is 3. The molecule has 0 aliphatic carbocycles. The van der Waals surface area contributed by atoms with E-state index in [2.05, 4.69) is 20.0 Å². The van der Waals surface area contributed by atoms with Crippen molar-refractivity contribution >= 4 is 11.6 Å². The number of carbonyl (C=O) groups excluding carboxylic acids is 1. The highest BCUT2D eigenvalue weighted by Crippen LogP contribution is 2.30. The van der Waals surface area contributed by atoms with Crippen LogP contribution in [-0.2, 0) is 0 Å². The molecule has 0 aliphatic heterocycles. The van der Waals surface area contributed by atoms with Crippen LogP contribution in [0.4, 0.5) is 18.9 Å². The molecule has 0 unspecified atom stereocenters. The van der Waals surface area contributed by atoms with Crippen molar-refractivity contribution in [2.75, 3.05) is 5.32 Å². The van der Waals surface area contributed by atoms with Crippen molar-refractivity contribution in [3.05, 3.63) is 72.6 Å². The molecule has 0 aliphatic rings. The third-order valence-corrected chi connectivity index (χ3v) is 3.31. The van der Waals surface area contributed by atoms with Crippen LogP contribution in [0.2, 0.25) is 0 Å². The SMILES string of the molecule is O=C(Nc1ccccc1OC(F)(F)F)c1cnc(-c2ccccc2)nc1. The number of amides is 1. The molecule has 2 aromatic carbocycles. The van der Waals surface area contributed by atoms with Crippen LogP contribution in [0.3, 0.4) is 0 Å². The number of para-hydroxylation sites is 2. The van der Waals surface area contributed by atoms with E-state index in [0.29, 0.717) is 5.82 Å². The maximum atomic E-state index is 12.4. The molecular formula is C18H12F3N3O2. The Hall–Kier alpha value is -3.42. The Morgan fingerprint density at radius 2 is 1.54 bits per heavy atom. The van der Waals surface area contributed by atoms with E-state index in [1.54, 1.807) is 0 Å². The highest BCUT2D eigenvalue weighted by Gasteiger charge is 2.32. The number of rotatable bonds is 4. The number of aromatic nitrogens is 2. The lowest BCUT2D eigenvalue weighted by Crippen LogP contribution is -2.19. The van der Waals surface area contributed by atoms with Gasteiger partial charge in [0.25, 0.3) is 5.91 Å². The molecule has 8 heteroatoms. The molecule has 1 aromatic heterocycles. The number of anilines is 1. The lowest BCUT2D eigenvalue weighted by atomic mass is 10.2. The predicted molar refractivity (Wildman–Crippen MR) is 88.5 cm³/mol. The van der Waals surface area contributed by atoms with Gasteiger partial charge < -0.3 is 10.1 Å². The summed E-state index contributed by atoms with van der Waals surface area (Å²) in [5, 5.41) is 2.36. The van der Waals surface area contributed by atoms with E-state index in [0.717, 1.165) is 11.6 Å². The smallest absolute Gasteiger partial charge is 0.404 e. The minimum absolute atomic E-state index is 0.103. The molecule has 3 rings (SSSR count). The Bertz CT molecular complexity index is 898. The summed E-state index contributed by atoms with van der Waals surface area (Å²) in [5.41, 5.74) is 0.775. The second-order valence-electron chi connectivity index (χ2n) is 5.16. The zero-order valence-electron chi connectivity index (χ0n) is 13.2. The average Bonchev–Trinajstić information content (AvgIpc) is 2.63. The summed E-state index contributed by atoms with van der Waals surface area (Å²) in [4.78, 5) is 20.5. The van der Waals surface area contributed by atoms with Crippen molar-refractivity contribution in [1.82, 2.24) is 9.97 Å². The van der Waals surface area contributed by atoms with Crippen LogP contribution < -0.4 is 10.1 Å². The monoisotopic (exact) mass is 359 g/mol. The van der Waals surface area contributed by atoms with Crippen LogP contribution in [0.15, 0.2) is 67.0 Å². The standard InChI is InChI=1S/C18H12F3N3O2/c19-18(20,21)26-15-9-5-4-8-14(15)24-17(25)13-10-22-16(23-11-13)12-6-2-1-3-7-12/h1-11H,(H,24,25). The van der Waals surface area contributed by atoms with E-state index in [4.69, 9.17) is 0 Å². The summed E-state index contributed by atoms with van der Waals surface area (Å²) in [7, 11) is 0. The molecule has 0 radical (unpaired) electrons. The number of nitrogens with one attached hydrogen (secondary N) is 1. The van der Waals surface area contributed by atoms with E-state index >= 15 is 0 Å². The number of hydrogen-bond acceptors (Lipinski definition) is 4. The summed E-state index contributed by atoms with van der Waals surface area (Å²) >= 11 is 0. The molecule has 1 heterocycles. The van der Waals surface area contributed by atoms with E-state index in [1.165, 1.54) is 30.6 Å². The molecule has 1 amide bonds. The van der Waals surface area contributed by atoms with Crippen LogP contribution in [-0.4, -0.2) is 22.2 Å². The van der Waals surface area contributed by atoms with Gasteiger partial charge >= 0.3 is 6.36 Å². The van der Waals surface area contributed by atoms with Crippen molar-refractivity contribution in [3.63, 3.8) is 0 Å². The molecule has 1 N–H and O–H groups in total. The predicted octanol–water partition coefficient (Wildman–Crippen LogP) is 4.29. The first-order valence-corrected chi connectivity index (χ1v) is 7.46. The highest BCUT2D eigenvalue weighted by molar-refractivity contribution is 6.04. The molecule has 0 saturated carbocycles. The normalized spacial score (nSPS) is 11.0. The second-order valence-corrected chi connectivity index (χ2v) is 5.16. The van der Waals surface area contributed by atoms with E-state index in [9.17, 15) is 18.0 Å². The Morgan fingerprint density at radius 1 is 0.923 bits per heavy atom. The van der Waals surface area contributed by atoms with Crippen LogP contribution in [0.1, 0.15) is 10.4 Å². The fourth-order valence-electron chi connectivity index (χ4n) is 2.16. The van der Waals surface area contributed by atoms with Gasteiger partial charge in [-0.3, -0.25) is 4.79 Å². The first-order chi connectivity index (χ1) is 12.4. The fraction of sp³-hybridized carbons (Fsp3) is 0.0556. The average molecular weight is 359 g/mol. The van der Waals surface area contributed by atoms with E-state index in [1.807, 2.05) is 30.3 Å². The van der Waals surface area contributed by atoms with Gasteiger partial charge in [-0.15, -0.1) is 13.2 Å². The van der Waals surface area contributed by atoms with Crippen LogP contribution in [0, 0.1) is 0 Å². The first-order valence-electron chi connectivity index (χ1n) is 7.46. The fourth-order valence-corrected chi connectivity index (χ4v) is 2.16. The Balaban J connectivity index is 1.77. The number of benzene rings is 2. The Kier molecular flexibility index (Phi) is 4.83. The Morgan fingerprint density at radius 3 is 2.19 bits per heavy atom.